The predicted octanol–water partition coefficient (Wildman–Crippen LogP) is 1.29. The lowest BCUT2D eigenvalue weighted by atomic mass is 9.71. The van der Waals surface area contributed by atoms with Crippen LogP contribution in [0, 0.1) is 0 Å². The van der Waals surface area contributed by atoms with E-state index in [4.69, 9.17) is 27.9 Å². The number of benzene rings is 1. The zero-order valence-electron chi connectivity index (χ0n) is 14.4. The van der Waals surface area contributed by atoms with E-state index in [1.165, 1.54) is 6.07 Å². The van der Waals surface area contributed by atoms with Crippen LogP contribution in [-0.4, -0.2) is 56.0 Å². The Morgan fingerprint density at radius 1 is 1.11 bits per heavy atom. The Bertz CT molecular complexity index is 871. The van der Waals surface area contributed by atoms with Gasteiger partial charge in [0.2, 0.25) is 5.91 Å². The highest BCUT2D eigenvalue weighted by Crippen LogP contribution is 2.41. The number of amides is 4. The number of carbonyl (C=O) groups is 5. The number of esters is 1. The Morgan fingerprint density at radius 2 is 1.70 bits per heavy atom. The molecule has 1 atom stereocenters. The van der Waals surface area contributed by atoms with Gasteiger partial charge in [0.25, 0.3) is 11.8 Å². The number of alkyl carbamates (subject to hydrolysis) is 1. The van der Waals surface area contributed by atoms with Crippen LogP contribution < -0.4 is 5.32 Å². The van der Waals surface area contributed by atoms with E-state index >= 15 is 0 Å². The fourth-order valence-electron chi connectivity index (χ4n) is 2.82. The van der Waals surface area contributed by atoms with Crippen molar-refractivity contribution < 1.29 is 33.4 Å². The molecule has 27 heavy (non-hydrogen) atoms. The van der Waals surface area contributed by atoms with E-state index in [-0.39, 0.29) is 21.2 Å². The van der Waals surface area contributed by atoms with E-state index < -0.39 is 41.6 Å². The van der Waals surface area contributed by atoms with Crippen LogP contribution in [0.2, 0.25) is 10.0 Å². The van der Waals surface area contributed by atoms with Crippen LogP contribution in [0.25, 0.3) is 0 Å². The van der Waals surface area contributed by atoms with Crippen LogP contribution in [0.3, 0.4) is 0 Å². The number of methoxy groups -OCH3 is 2. The minimum atomic E-state index is -2.24. The first-order valence-electron chi connectivity index (χ1n) is 7.38. The van der Waals surface area contributed by atoms with E-state index in [9.17, 15) is 24.0 Å². The van der Waals surface area contributed by atoms with Gasteiger partial charge in [-0.25, -0.2) is 4.79 Å². The van der Waals surface area contributed by atoms with Gasteiger partial charge in [-0.05, 0) is 17.7 Å². The second-order valence-electron chi connectivity index (χ2n) is 5.59. The fourth-order valence-corrected chi connectivity index (χ4v) is 3.14. The van der Waals surface area contributed by atoms with Crippen LogP contribution >= 0.6 is 23.2 Å². The Balaban J connectivity index is 2.73. The highest BCUT2D eigenvalue weighted by molar-refractivity contribution is 6.42. The molecular formula is C16H14Cl2N2O7. The standard InChI is InChI=1S/C16H14Cl2N2O7/c1-20-12(22)7-4-9(17)10(18)5-8(7)16(13(20)23,14(24)26-2)6-11(21)19-15(25)27-3/h4-5H,6H2,1-3H3,(H,19,21,25). The summed E-state index contributed by atoms with van der Waals surface area (Å²) in [6, 6.07) is 2.35. The number of carbonyl (C=O) groups excluding carboxylic acids is 5. The molecular weight excluding hydrogens is 403 g/mol. The predicted molar refractivity (Wildman–Crippen MR) is 92.4 cm³/mol. The lowest BCUT2D eigenvalue weighted by Gasteiger charge is -2.38. The van der Waals surface area contributed by atoms with Crippen molar-refractivity contribution in [1.29, 1.82) is 0 Å². The van der Waals surface area contributed by atoms with E-state index in [1.807, 2.05) is 5.32 Å². The molecule has 4 amide bonds. The zero-order chi connectivity index (χ0) is 20.5. The minimum absolute atomic E-state index is 0.0179. The third-order valence-electron chi connectivity index (χ3n) is 4.11. The maximum atomic E-state index is 12.9. The van der Waals surface area contributed by atoms with Crippen molar-refractivity contribution in [2.24, 2.45) is 0 Å². The molecule has 0 aromatic heterocycles. The SMILES string of the molecule is COC(=O)NC(=O)CC1(C(=O)OC)C(=O)N(C)C(=O)c2cc(Cl)c(Cl)cc21. The average Bonchev–Trinajstić information content (AvgIpc) is 2.64. The second-order valence-corrected chi connectivity index (χ2v) is 6.41. The van der Waals surface area contributed by atoms with Gasteiger partial charge >= 0.3 is 12.1 Å². The third kappa shape index (κ3) is 3.35. The van der Waals surface area contributed by atoms with Gasteiger partial charge in [-0.1, -0.05) is 23.2 Å². The summed E-state index contributed by atoms with van der Waals surface area (Å²) in [5.74, 6) is -3.85. The molecule has 1 aliphatic heterocycles. The van der Waals surface area contributed by atoms with Crippen LogP contribution in [0.1, 0.15) is 22.3 Å². The fraction of sp³-hybridized carbons (Fsp3) is 0.312. The molecule has 1 unspecified atom stereocenters. The monoisotopic (exact) mass is 416 g/mol. The minimum Gasteiger partial charge on any atom is -0.468 e. The van der Waals surface area contributed by atoms with E-state index in [1.54, 1.807) is 0 Å². The molecule has 1 N–H and O–H groups in total. The molecule has 0 fully saturated rings. The van der Waals surface area contributed by atoms with Crippen molar-refractivity contribution in [3.63, 3.8) is 0 Å². The summed E-state index contributed by atoms with van der Waals surface area (Å²) in [6.07, 6.45) is -1.90. The number of hydrogen-bond acceptors (Lipinski definition) is 7. The molecule has 1 aromatic rings. The Hall–Kier alpha value is -2.65. The summed E-state index contributed by atoms with van der Waals surface area (Å²) in [6.45, 7) is 0. The molecule has 1 aliphatic rings. The van der Waals surface area contributed by atoms with Gasteiger partial charge in [-0.2, -0.15) is 0 Å². The third-order valence-corrected chi connectivity index (χ3v) is 4.83. The largest absolute Gasteiger partial charge is 0.468 e. The van der Waals surface area contributed by atoms with Gasteiger partial charge in [0.1, 0.15) is 0 Å². The molecule has 0 saturated carbocycles. The Labute approximate surface area is 163 Å². The summed E-state index contributed by atoms with van der Waals surface area (Å²) in [4.78, 5) is 62.3. The van der Waals surface area contributed by atoms with E-state index in [2.05, 4.69) is 4.74 Å². The van der Waals surface area contributed by atoms with E-state index in [0.717, 1.165) is 27.3 Å². The number of halogens is 2. The average molecular weight is 417 g/mol. The van der Waals surface area contributed by atoms with Gasteiger partial charge in [-0.3, -0.25) is 29.4 Å². The number of ether oxygens (including phenoxy) is 2. The number of hydrogen-bond donors (Lipinski definition) is 1. The first kappa shape index (κ1) is 20.7. The van der Waals surface area contributed by atoms with Crippen LogP contribution in [0.5, 0.6) is 0 Å². The van der Waals surface area contributed by atoms with Gasteiger partial charge in [0.05, 0.1) is 30.7 Å². The van der Waals surface area contributed by atoms with Gasteiger partial charge < -0.3 is 9.47 Å². The van der Waals surface area contributed by atoms with Crippen molar-refractivity contribution in [3.05, 3.63) is 33.3 Å². The number of likely N-dealkylation sites (N-methyl/N-ethyl adjacent to an activating group) is 1. The summed E-state index contributed by atoms with van der Waals surface area (Å²) in [5.41, 5.74) is -2.47. The number of fused-ring (bicyclic) bond motifs is 1. The van der Waals surface area contributed by atoms with Gasteiger partial charge in [0, 0.05) is 12.6 Å². The topological polar surface area (TPSA) is 119 Å². The molecule has 2 rings (SSSR count). The van der Waals surface area contributed by atoms with Crippen molar-refractivity contribution in [3.8, 4) is 0 Å². The lowest BCUT2D eigenvalue weighted by molar-refractivity contribution is -0.158. The van der Waals surface area contributed by atoms with Crippen LogP contribution in [0.4, 0.5) is 4.79 Å². The number of imide groups is 2. The van der Waals surface area contributed by atoms with Crippen LogP contribution in [-0.2, 0) is 29.3 Å². The zero-order valence-corrected chi connectivity index (χ0v) is 15.9. The van der Waals surface area contributed by atoms with E-state index in [0.29, 0.717) is 4.90 Å². The van der Waals surface area contributed by atoms with Gasteiger partial charge in [-0.15, -0.1) is 0 Å². The number of rotatable bonds is 3. The summed E-state index contributed by atoms with van der Waals surface area (Å²) >= 11 is 12.0. The smallest absolute Gasteiger partial charge is 0.413 e. The molecule has 0 radical (unpaired) electrons. The summed E-state index contributed by atoms with van der Waals surface area (Å²) in [7, 11) is 3.20. The number of nitrogens with one attached hydrogen (secondary N) is 1. The summed E-state index contributed by atoms with van der Waals surface area (Å²) in [5, 5.41) is 1.84. The Morgan fingerprint density at radius 3 is 2.26 bits per heavy atom. The lowest BCUT2D eigenvalue weighted by Crippen LogP contribution is -2.59. The molecule has 0 aliphatic carbocycles. The molecule has 1 aromatic carbocycles. The van der Waals surface area contributed by atoms with Crippen molar-refractivity contribution >= 4 is 53.0 Å². The highest BCUT2D eigenvalue weighted by atomic mass is 35.5. The molecule has 144 valence electrons. The van der Waals surface area contributed by atoms with Crippen molar-refractivity contribution in [2.45, 2.75) is 11.8 Å². The quantitative estimate of drug-likeness (QED) is 0.447. The molecule has 1 heterocycles. The molecule has 11 heteroatoms. The molecule has 0 bridgehead atoms. The number of nitrogens with zero attached hydrogens (tertiary/aromatic N) is 1. The van der Waals surface area contributed by atoms with Crippen LogP contribution in [0.15, 0.2) is 12.1 Å². The Kier molecular flexibility index (Phi) is 5.76. The first-order chi connectivity index (χ1) is 12.6. The molecule has 0 saturated heterocycles. The maximum absolute atomic E-state index is 12.9. The summed E-state index contributed by atoms with van der Waals surface area (Å²) < 4.78 is 9.06. The van der Waals surface area contributed by atoms with Crippen molar-refractivity contribution in [1.82, 2.24) is 10.2 Å². The maximum Gasteiger partial charge on any atom is 0.413 e. The molecule has 0 spiro atoms. The molecule has 9 nitrogen and oxygen atoms in total. The van der Waals surface area contributed by atoms with Crippen molar-refractivity contribution in [2.75, 3.05) is 21.3 Å². The first-order valence-corrected chi connectivity index (χ1v) is 8.14. The highest BCUT2D eigenvalue weighted by Gasteiger charge is 2.57. The normalized spacial score (nSPS) is 18.6. The van der Waals surface area contributed by atoms with Gasteiger partial charge in [0.15, 0.2) is 5.41 Å². The second kappa shape index (κ2) is 7.53.